The number of aliphatic carboxylic acids is 1. The molecule has 1 aromatic rings. The number of hydrogen-bond acceptors (Lipinski definition) is 6. The summed E-state index contributed by atoms with van der Waals surface area (Å²) in [4.78, 5) is 51.2. The number of carbonyl (C=O) groups excluding carboxylic acids is 3. The molecule has 2 aliphatic rings. The minimum atomic E-state index is -1.73. The third-order valence-electron chi connectivity index (χ3n) is 4.73. The van der Waals surface area contributed by atoms with Gasteiger partial charge >= 0.3 is 11.9 Å². The predicted octanol–water partition coefficient (Wildman–Crippen LogP) is 0.671. The Labute approximate surface area is 161 Å². The SMILES string of the molecule is CC(=O)O[C@@H](C(=O)O)[C@H]1OCCN(c2cccc(C(=O)N3CCCC3)c2)C1=O. The quantitative estimate of drug-likeness (QED) is 0.735. The van der Waals surface area contributed by atoms with E-state index in [2.05, 4.69) is 0 Å². The fourth-order valence-electron chi connectivity index (χ4n) is 3.41. The average molecular weight is 390 g/mol. The Kier molecular flexibility index (Phi) is 5.93. The van der Waals surface area contributed by atoms with E-state index in [-0.39, 0.29) is 19.1 Å². The molecular formula is C19H22N2O7. The van der Waals surface area contributed by atoms with E-state index in [4.69, 9.17) is 9.47 Å². The monoisotopic (exact) mass is 390 g/mol. The fraction of sp³-hybridized carbons (Fsp3) is 0.474. The van der Waals surface area contributed by atoms with Gasteiger partial charge in [0.25, 0.3) is 11.8 Å². The third kappa shape index (κ3) is 4.14. The van der Waals surface area contributed by atoms with Crippen molar-refractivity contribution >= 4 is 29.4 Å². The van der Waals surface area contributed by atoms with Gasteiger partial charge in [0.05, 0.1) is 6.61 Å². The highest BCUT2D eigenvalue weighted by molar-refractivity contribution is 6.02. The number of likely N-dealkylation sites (tertiary alicyclic amines) is 1. The van der Waals surface area contributed by atoms with E-state index in [1.807, 2.05) is 0 Å². The second-order valence-corrected chi connectivity index (χ2v) is 6.70. The van der Waals surface area contributed by atoms with Crippen molar-refractivity contribution in [3.63, 3.8) is 0 Å². The van der Waals surface area contributed by atoms with E-state index in [9.17, 15) is 24.3 Å². The lowest BCUT2D eigenvalue weighted by atomic mass is 10.1. The Morgan fingerprint density at radius 1 is 1.21 bits per heavy atom. The second-order valence-electron chi connectivity index (χ2n) is 6.70. The standard InChI is InChI=1S/C19H22N2O7/c1-12(22)28-16(19(25)26)15-18(24)21(9-10-27-15)14-6-4-5-13(11-14)17(23)20-7-2-3-8-20/h4-6,11,15-16H,2-3,7-10H2,1H3,(H,25,26)/t15-,16-/m1/s1. The summed E-state index contributed by atoms with van der Waals surface area (Å²) in [5.74, 6) is -3.02. The Hall–Kier alpha value is -2.94. The molecule has 2 fully saturated rings. The minimum Gasteiger partial charge on any atom is -0.478 e. The smallest absolute Gasteiger partial charge is 0.348 e. The van der Waals surface area contributed by atoms with Crippen LogP contribution in [0.25, 0.3) is 0 Å². The molecule has 0 bridgehead atoms. The number of morpholine rings is 1. The molecule has 2 amide bonds. The maximum Gasteiger partial charge on any atom is 0.348 e. The van der Waals surface area contributed by atoms with Crippen LogP contribution in [0, 0.1) is 0 Å². The largest absolute Gasteiger partial charge is 0.478 e. The number of rotatable bonds is 5. The van der Waals surface area contributed by atoms with Gasteiger partial charge in [0.15, 0.2) is 6.10 Å². The Bertz CT molecular complexity index is 788. The molecule has 2 atom stereocenters. The van der Waals surface area contributed by atoms with Gasteiger partial charge in [0.2, 0.25) is 6.10 Å². The van der Waals surface area contributed by atoms with Crippen molar-refractivity contribution in [2.24, 2.45) is 0 Å². The molecule has 2 saturated heterocycles. The average Bonchev–Trinajstić information content (AvgIpc) is 3.20. The van der Waals surface area contributed by atoms with E-state index in [0.717, 1.165) is 19.8 Å². The van der Waals surface area contributed by atoms with Gasteiger partial charge in [-0.1, -0.05) is 6.07 Å². The van der Waals surface area contributed by atoms with Crippen LogP contribution < -0.4 is 4.90 Å². The lowest BCUT2D eigenvalue weighted by molar-refractivity contribution is -0.177. The van der Waals surface area contributed by atoms with E-state index >= 15 is 0 Å². The molecule has 1 aromatic carbocycles. The van der Waals surface area contributed by atoms with Gasteiger partial charge in [-0.15, -0.1) is 0 Å². The number of nitrogens with zero attached hydrogens (tertiary/aromatic N) is 2. The van der Waals surface area contributed by atoms with Crippen molar-refractivity contribution in [2.75, 3.05) is 31.1 Å². The van der Waals surface area contributed by atoms with E-state index < -0.39 is 30.1 Å². The highest BCUT2D eigenvalue weighted by Crippen LogP contribution is 2.24. The number of anilines is 1. The van der Waals surface area contributed by atoms with Crippen LogP contribution in [0.4, 0.5) is 5.69 Å². The highest BCUT2D eigenvalue weighted by Gasteiger charge is 2.42. The van der Waals surface area contributed by atoms with Crippen molar-refractivity contribution in [2.45, 2.75) is 32.0 Å². The van der Waals surface area contributed by atoms with Gasteiger partial charge in [0, 0.05) is 37.8 Å². The molecule has 9 nitrogen and oxygen atoms in total. The second kappa shape index (κ2) is 8.39. The van der Waals surface area contributed by atoms with Crippen molar-refractivity contribution in [3.8, 4) is 0 Å². The van der Waals surface area contributed by atoms with Crippen LogP contribution in [-0.2, 0) is 23.9 Å². The van der Waals surface area contributed by atoms with E-state index in [1.54, 1.807) is 29.2 Å². The molecule has 28 heavy (non-hydrogen) atoms. The van der Waals surface area contributed by atoms with Crippen LogP contribution >= 0.6 is 0 Å². The number of amides is 2. The maximum atomic E-state index is 12.8. The minimum absolute atomic E-state index is 0.0751. The molecule has 0 aliphatic carbocycles. The molecular weight excluding hydrogens is 368 g/mol. The molecule has 9 heteroatoms. The summed E-state index contributed by atoms with van der Waals surface area (Å²) in [7, 11) is 0. The summed E-state index contributed by atoms with van der Waals surface area (Å²) in [6, 6.07) is 6.65. The fourth-order valence-corrected chi connectivity index (χ4v) is 3.41. The number of carboxylic acid groups (broad SMARTS) is 1. The molecule has 0 spiro atoms. The van der Waals surface area contributed by atoms with Crippen molar-refractivity contribution in [3.05, 3.63) is 29.8 Å². The Morgan fingerprint density at radius 2 is 1.93 bits per heavy atom. The molecule has 1 N–H and O–H groups in total. The number of esters is 1. The zero-order valence-electron chi connectivity index (χ0n) is 15.5. The lowest BCUT2D eigenvalue weighted by Gasteiger charge is -2.34. The van der Waals surface area contributed by atoms with Gasteiger partial charge in [-0.2, -0.15) is 0 Å². The summed E-state index contributed by atoms with van der Waals surface area (Å²) in [6.45, 7) is 2.76. The normalized spacial score (nSPS) is 20.8. The summed E-state index contributed by atoms with van der Waals surface area (Å²) >= 11 is 0. The van der Waals surface area contributed by atoms with E-state index in [0.29, 0.717) is 24.3 Å². The van der Waals surface area contributed by atoms with Crippen LogP contribution in [0.1, 0.15) is 30.1 Å². The van der Waals surface area contributed by atoms with Crippen LogP contribution in [-0.4, -0.2) is 72.2 Å². The number of carboxylic acids is 1. The molecule has 0 radical (unpaired) electrons. The van der Waals surface area contributed by atoms with Crippen LogP contribution in [0.3, 0.4) is 0 Å². The molecule has 0 aromatic heterocycles. The van der Waals surface area contributed by atoms with E-state index in [1.165, 1.54) is 4.90 Å². The summed E-state index contributed by atoms with van der Waals surface area (Å²) < 4.78 is 10.1. The molecule has 2 aliphatic heterocycles. The van der Waals surface area contributed by atoms with Gasteiger partial charge in [-0.25, -0.2) is 4.79 Å². The summed E-state index contributed by atoms with van der Waals surface area (Å²) in [6.07, 6.45) is -1.24. The topological polar surface area (TPSA) is 113 Å². The first-order valence-corrected chi connectivity index (χ1v) is 9.11. The Balaban J connectivity index is 1.82. The number of benzene rings is 1. The lowest BCUT2D eigenvalue weighted by Crippen LogP contribution is -2.55. The molecule has 150 valence electrons. The van der Waals surface area contributed by atoms with Crippen LogP contribution in [0.5, 0.6) is 0 Å². The molecule has 3 rings (SSSR count). The zero-order valence-corrected chi connectivity index (χ0v) is 15.5. The number of hydrogen-bond donors (Lipinski definition) is 1. The molecule has 0 saturated carbocycles. The first-order valence-electron chi connectivity index (χ1n) is 9.11. The zero-order chi connectivity index (χ0) is 20.3. The van der Waals surface area contributed by atoms with Crippen LogP contribution in [0.15, 0.2) is 24.3 Å². The first-order chi connectivity index (χ1) is 13.4. The summed E-state index contributed by atoms with van der Waals surface area (Å²) in [5.41, 5.74) is 0.931. The van der Waals surface area contributed by atoms with Crippen molar-refractivity contribution < 1.29 is 33.8 Å². The predicted molar refractivity (Wildman–Crippen MR) is 96.9 cm³/mol. The molecule has 2 heterocycles. The number of ether oxygens (including phenoxy) is 2. The van der Waals surface area contributed by atoms with Crippen molar-refractivity contribution in [1.82, 2.24) is 4.90 Å². The maximum absolute atomic E-state index is 12.8. The summed E-state index contributed by atoms with van der Waals surface area (Å²) in [5, 5.41) is 9.31. The van der Waals surface area contributed by atoms with Gasteiger partial charge in [-0.05, 0) is 31.0 Å². The molecule has 0 unspecified atom stereocenters. The number of carbonyl (C=O) groups is 4. The van der Waals surface area contributed by atoms with Crippen molar-refractivity contribution in [1.29, 1.82) is 0 Å². The highest BCUT2D eigenvalue weighted by atomic mass is 16.6. The van der Waals surface area contributed by atoms with Gasteiger partial charge in [-0.3, -0.25) is 14.4 Å². The van der Waals surface area contributed by atoms with Gasteiger partial charge < -0.3 is 24.4 Å². The third-order valence-corrected chi connectivity index (χ3v) is 4.73. The van der Waals surface area contributed by atoms with Crippen LogP contribution in [0.2, 0.25) is 0 Å². The Morgan fingerprint density at radius 3 is 2.57 bits per heavy atom. The first kappa shape index (κ1) is 19.8. The van der Waals surface area contributed by atoms with Gasteiger partial charge in [0.1, 0.15) is 0 Å².